The number of carbonyl (C=O) groups is 1. The molecular formula is C14H18O2. The van der Waals surface area contributed by atoms with Crippen molar-refractivity contribution in [2.75, 3.05) is 0 Å². The van der Waals surface area contributed by atoms with Crippen LogP contribution in [0.3, 0.4) is 0 Å². The molecule has 16 heavy (non-hydrogen) atoms. The Balaban J connectivity index is 2.47. The first kappa shape index (κ1) is 11.3. The fourth-order valence-electron chi connectivity index (χ4n) is 2.78. The first-order valence-corrected chi connectivity index (χ1v) is 5.95. The molecule has 0 radical (unpaired) electrons. The highest BCUT2D eigenvalue weighted by atomic mass is 16.3. The molecule has 2 atom stereocenters. The average molecular weight is 218 g/mol. The molecule has 0 heterocycles. The van der Waals surface area contributed by atoms with Crippen LogP contribution in [0.1, 0.15) is 38.2 Å². The second-order valence-electron chi connectivity index (χ2n) is 4.64. The first-order chi connectivity index (χ1) is 7.68. The first-order valence-electron chi connectivity index (χ1n) is 5.95. The number of carbonyl (C=O) groups excluding carboxylic acids is 1. The molecule has 0 amide bonds. The van der Waals surface area contributed by atoms with Crippen molar-refractivity contribution in [3.05, 3.63) is 35.9 Å². The fraction of sp³-hybridized carbons (Fsp3) is 0.500. The number of ketones is 1. The van der Waals surface area contributed by atoms with Crippen molar-refractivity contribution in [2.24, 2.45) is 0 Å². The Kier molecular flexibility index (Phi) is 3.10. The lowest BCUT2D eigenvalue weighted by atomic mass is 9.65. The van der Waals surface area contributed by atoms with E-state index in [4.69, 9.17) is 0 Å². The van der Waals surface area contributed by atoms with E-state index in [1.165, 1.54) is 0 Å². The van der Waals surface area contributed by atoms with Crippen LogP contribution in [0.2, 0.25) is 0 Å². The molecule has 1 N–H and O–H groups in total. The Morgan fingerprint density at radius 1 is 1.25 bits per heavy atom. The van der Waals surface area contributed by atoms with Crippen molar-refractivity contribution in [3.8, 4) is 0 Å². The molecular weight excluding hydrogens is 200 g/mol. The highest BCUT2D eigenvalue weighted by molar-refractivity contribution is 5.91. The van der Waals surface area contributed by atoms with Gasteiger partial charge in [0.2, 0.25) is 0 Å². The largest absolute Gasteiger partial charge is 0.392 e. The van der Waals surface area contributed by atoms with Crippen molar-refractivity contribution in [1.82, 2.24) is 0 Å². The molecule has 2 rings (SSSR count). The number of hydrogen-bond acceptors (Lipinski definition) is 2. The van der Waals surface area contributed by atoms with Gasteiger partial charge < -0.3 is 5.11 Å². The van der Waals surface area contributed by atoms with Gasteiger partial charge in [-0.2, -0.15) is 0 Å². The number of aliphatic hydroxyl groups is 1. The minimum Gasteiger partial charge on any atom is -0.392 e. The van der Waals surface area contributed by atoms with Gasteiger partial charge in [0.15, 0.2) is 0 Å². The van der Waals surface area contributed by atoms with Crippen LogP contribution < -0.4 is 0 Å². The number of aliphatic hydroxyl groups excluding tert-OH is 1. The molecule has 0 bridgehead atoms. The van der Waals surface area contributed by atoms with E-state index in [0.29, 0.717) is 6.42 Å². The zero-order valence-corrected chi connectivity index (χ0v) is 9.65. The summed E-state index contributed by atoms with van der Waals surface area (Å²) < 4.78 is 0. The lowest BCUT2D eigenvalue weighted by molar-refractivity contribution is -0.131. The summed E-state index contributed by atoms with van der Waals surface area (Å²) in [5, 5.41) is 10.0. The lowest BCUT2D eigenvalue weighted by Crippen LogP contribution is -2.47. The zero-order chi connectivity index (χ0) is 11.6. The third-order valence-corrected chi connectivity index (χ3v) is 3.72. The van der Waals surface area contributed by atoms with E-state index in [-0.39, 0.29) is 5.78 Å². The van der Waals surface area contributed by atoms with Crippen molar-refractivity contribution >= 4 is 5.78 Å². The monoisotopic (exact) mass is 218 g/mol. The van der Waals surface area contributed by atoms with E-state index in [2.05, 4.69) is 0 Å². The highest BCUT2D eigenvalue weighted by Crippen LogP contribution is 2.39. The van der Waals surface area contributed by atoms with Gasteiger partial charge in [-0.25, -0.2) is 0 Å². The van der Waals surface area contributed by atoms with Crippen molar-refractivity contribution in [3.63, 3.8) is 0 Å². The van der Waals surface area contributed by atoms with Gasteiger partial charge in [0, 0.05) is 6.42 Å². The van der Waals surface area contributed by atoms with Gasteiger partial charge in [-0.05, 0) is 25.3 Å². The summed E-state index contributed by atoms with van der Waals surface area (Å²) in [5.74, 6) is 0.194. The van der Waals surface area contributed by atoms with Crippen LogP contribution in [0.25, 0.3) is 0 Å². The summed E-state index contributed by atoms with van der Waals surface area (Å²) in [7, 11) is 0. The molecule has 1 fully saturated rings. The molecule has 0 spiro atoms. The molecule has 2 nitrogen and oxygen atoms in total. The molecule has 0 aromatic heterocycles. The van der Waals surface area contributed by atoms with Crippen LogP contribution in [0.15, 0.2) is 30.3 Å². The third kappa shape index (κ3) is 1.67. The van der Waals surface area contributed by atoms with Gasteiger partial charge in [-0.3, -0.25) is 4.79 Å². The van der Waals surface area contributed by atoms with Gasteiger partial charge in [0.05, 0.1) is 11.5 Å². The number of rotatable bonds is 2. The molecule has 1 aromatic rings. The molecule has 0 unspecified atom stereocenters. The summed E-state index contributed by atoms with van der Waals surface area (Å²) >= 11 is 0. The number of Topliss-reactive ketones (excluding diaryl/α,β-unsaturated/α-hetero) is 1. The van der Waals surface area contributed by atoms with Crippen LogP contribution in [0.4, 0.5) is 0 Å². The Morgan fingerprint density at radius 2 is 1.94 bits per heavy atom. The van der Waals surface area contributed by atoms with Gasteiger partial charge in [-0.15, -0.1) is 0 Å². The average Bonchev–Trinajstić information content (AvgIpc) is 2.30. The zero-order valence-electron chi connectivity index (χ0n) is 9.65. The normalized spacial score (nSPS) is 27.8. The summed E-state index contributed by atoms with van der Waals surface area (Å²) in [5.41, 5.74) is 0.314. The van der Waals surface area contributed by atoms with E-state index in [9.17, 15) is 9.90 Å². The van der Waals surface area contributed by atoms with Crippen LogP contribution in [-0.4, -0.2) is 17.0 Å². The van der Waals surface area contributed by atoms with Gasteiger partial charge in [0.25, 0.3) is 0 Å². The Bertz CT molecular complexity index is 370. The van der Waals surface area contributed by atoms with Crippen molar-refractivity contribution in [2.45, 2.75) is 44.1 Å². The lowest BCUT2D eigenvalue weighted by Gasteiger charge is -2.38. The third-order valence-electron chi connectivity index (χ3n) is 3.72. The summed E-state index contributed by atoms with van der Waals surface area (Å²) in [4.78, 5) is 12.2. The minimum absolute atomic E-state index is 0.194. The number of benzene rings is 1. The van der Waals surface area contributed by atoms with E-state index in [0.717, 1.165) is 24.8 Å². The van der Waals surface area contributed by atoms with Crippen LogP contribution in [0, 0.1) is 0 Å². The van der Waals surface area contributed by atoms with E-state index in [1.54, 1.807) is 6.92 Å². The molecule has 1 aliphatic carbocycles. The maximum Gasteiger partial charge on any atom is 0.145 e. The van der Waals surface area contributed by atoms with Gasteiger partial charge in [-0.1, -0.05) is 36.8 Å². The van der Waals surface area contributed by atoms with E-state index in [1.807, 2.05) is 30.3 Å². The van der Waals surface area contributed by atoms with Crippen molar-refractivity contribution < 1.29 is 9.90 Å². The van der Waals surface area contributed by atoms with Gasteiger partial charge >= 0.3 is 0 Å². The summed E-state index contributed by atoms with van der Waals surface area (Å²) in [6.45, 7) is 1.73. The Labute approximate surface area is 96.3 Å². The maximum atomic E-state index is 12.2. The van der Waals surface area contributed by atoms with E-state index < -0.39 is 11.5 Å². The maximum absolute atomic E-state index is 12.2. The molecule has 1 aromatic carbocycles. The molecule has 2 heteroatoms. The van der Waals surface area contributed by atoms with Crippen LogP contribution in [-0.2, 0) is 10.2 Å². The quantitative estimate of drug-likeness (QED) is 0.828. The molecule has 1 saturated carbocycles. The van der Waals surface area contributed by atoms with Crippen LogP contribution in [0.5, 0.6) is 0 Å². The van der Waals surface area contributed by atoms with E-state index >= 15 is 0 Å². The summed E-state index contributed by atoms with van der Waals surface area (Å²) in [6, 6.07) is 9.71. The second-order valence-corrected chi connectivity index (χ2v) is 4.64. The van der Waals surface area contributed by atoms with Gasteiger partial charge in [0.1, 0.15) is 5.78 Å². The predicted molar refractivity (Wildman–Crippen MR) is 63.3 cm³/mol. The minimum atomic E-state index is -0.653. The fourth-order valence-corrected chi connectivity index (χ4v) is 2.78. The molecule has 0 saturated heterocycles. The Hall–Kier alpha value is -1.15. The predicted octanol–water partition coefficient (Wildman–Crippen LogP) is 2.45. The molecule has 0 aliphatic heterocycles. The Morgan fingerprint density at radius 3 is 2.50 bits per heavy atom. The SMILES string of the molecule is C[C@@H](O)[C@@]1(c2ccccc2)CCCCC1=O. The van der Waals surface area contributed by atoms with Crippen molar-refractivity contribution in [1.29, 1.82) is 0 Å². The number of hydrogen-bond donors (Lipinski definition) is 1. The standard InChI is InChI=1S/C14H18O2/c1-11(15)14(10-6-5-9-13(14)16)12-7-3-2-4-8-12/h2-4,7-8,11,15H,5-6,9-10H2,1H3/t11-,14-/m1/s1. The topological polar surface area (TPSA) is 37.3 Å². The second kappa shape index (κ2) is 4.38. The smallest absolute Gasteiger partial charge is 0.145 e. The molecule has 86 valence electrons. The summed E-state index contributed by atoms with van der Waals surface area (Å²) in [6.07, 6.45) is 2.74. The van der Waals surface area contributed by atoms with Crippen LogP contribution >= 0.6 is 0 Å². The molecule has 1 aliphatic rings. The highest BCUT2D eigenvalue weighted by Gasteiger charge is 2.45.